The maximum absolute atomic E-state index is 11.0. The van der Waals surface area contributed by atoms with Crippen molar-refractivity contribution in [3.8, 4) is 0 Å². The van der Waals surface area contributed by atoms with Crippen molar-refractivity contribution in [1.82, 2.24) is 0 Å². The van der Waals surface area contributed by atoms with Gasteiger partial charge in [-0.25, -0.2) is 0 Å². The van der Waals surface area contributed by atoms with Gasteiger partial charge < -0.3 is 14.2 Å². The predicted octanol–water partition coefficient (Wildman–Crippen LogP) is 0.865. The Labute approximate surface area is 110 Å². The Morgan fingerprint density at radius 1 is 0.947 bits per heavy atom. The van der Waals surface area contributed by atoms with E-state index < -0.39 is 23.9 Å². The monoisotopic (exact) mass is 272 g/mol. The highest BCUT2D eigenvalue weighted by Crippen LogP contribution is 2.23. The van der Waals surface area contributed by atoms with Crippen molar-refractivity contribution in [1.29, 1.82) is 0 Å². The van der Waals surface area contributed by atoms with Crippen molar-refractivity contribution in [2.75, 3.05) is 0 Å². The van der Waals surface area contributed by atoms with Crippen LogP contribution in [0.3, 0.4) is 0 Å². The van der Waals surface area contributed by atoms with Crippen LogP contribution in [0.5, 0.6) is 0 Å². The van der Waals surface area contributed by atoms with Crippen LogP contribution in [0, 0.1) is 0 Å². The van der Waals surface area contributed by atoms with Crippen LogP contribution in [0.25, 0.3) is 0 Å². The maximum atomic E-state index is 11.0. The van der Waals surface area contributed by atoms with Crippen LogP contribution in [0.4, 0.5) is 0 Å². The molecule has 0 unspecified atom stereocenters. The molecule has 0 saturated carbocycles. The van der Waals surface area contributed by atoms with E-state index >= 15 is 0 Å². The van der Waals surface area contributed by atoms with E-state index in [9.17, 15) is 19.2 Å². The van der Waals surface area contributed by atoms with Crippen LogP contribution >= 0.6 is 0 Å². The summed E-state index contributed by atoms with van der Waals surface area (Å²) in [5, 5.41) is 0. The van der Waals surface area contributed by atoms with Gasteiger partial charge >= 0.3 is 23.9 Å². The Hall–Kier alpha value is -2.18. The lowest BCUT2D eigenvalue weighted by Gasteiger charge is -2.29. The molecule has 0 rings (SSSR count). The second kappa shape index (κ2) is 8.02. The molecule has 0 atom stereocenters. The molecule has 0 amide bonds. The predicted molar refractivity (Wildman–Crippen MR) is 62.5 cm³/mol. The number of carbonyl (C=O) groups excluding carboxylic acids is 4. The number of rotatable bonds is 7. The smallest absolute Gasteiger partial charge is 0.388 e. The van der Waals surface area contributed by atoms with Gasteiger partial charge in [0, 0.05) is 20.8 Å². The Morgan fingerprint density at radius 2 is 1.37 bits per heavy atom. The first kappa shape index (κ1) is 16.8. The van der Waals surface area contributed by atoms with Gasteiger partial charge in [0.25, 0.3) is 0 Å². The van der Waals surface area contributed by atoms with E-state index in [2.05, 4.69) is 0 Å². The third-order valence-electron chi connectivity index (χ3n) is 1.73. The van der Waals surface area contributed by atoms with Crippen molar-refractivity contribution in [3.63, 3.8) is 0 Å². The summed E-state index contributed by atoms with van der Waals surface area (Å²) in [6.45, 7) is 3.26. The van der Waals surface area contributed by atoms with Gasteiger partial charge in [0.05, 0.1) is 6.42 Å². The van der Waals surface area contributed by atoms with Gasteiger partial charge in [-0.3, -0.25) is 19.2 Å². The van der Waals surface area contributed by atoms with Crippen LogP contribution in [-0.2, 0) is 33.4 Å². The van der Waals surface area contributed by atoms with Crippen molar-refractivity contribution in [2.45, 2.75) is 39.6 Å². The Kier molecular flexibility index (Phi) is 7.10. The molecule has 0 spiro atoms. The third kappa shape index (κ3) is 7.69. The van der Waals surface area contributed by atoms with Crippen LogP contribution in [0.1, 0.15) is 33.6 Å². The quantitative estimate of drug-likeness (QED) is 0.293. The minimum Gasteiger partial charge on any atom is -0.388 e. The van der Waals surface area contributed by atoms with Crippen LogP contribution < -0.4 is 0 Å². The molecule has 0 aliphatic heterocycles. The Bertz CT molecular complexity index is 343. The fourth-order valence-corrected chi connectivity index (χ4v) is 1.28. The molecule has 0 heterocycles. The number of aldehydes is 1. The van der Waals surface area contributed by atoms with Crippen molar-refractivity contribution < 1.29 is 33.4 Å². The molecule has 0 radical (unpaired) electrons. The highest BCUT2D eigenvalue weighted by atomic mass is 16.9. The Balaban J connectivity index is 5.02. The second-order valence-electron chi connectivity index (χ2n) is 3.57. The number of hydrogen-bond donors (Lipinski definition) is 0. The summed E-state index contributed by atoms with van der Waals surface area (Å²) < 4.78 is 14.4. The molecule has 0 aliphatic rings. The molecule has 19 heavy (non-hydrogen) atoms. The molecule has 0 fully saturated rings. The number of hydrogen-bond acceptors (Lipinski definition) is 7. The van der Waals surface area contributed by atoms with Gasteiger partial charge in [0.15, 0.2) is 0 Å². The molecule has 106 valence electrons. The summed E-state index contributed by atoms with van der Waals surface area (Å²) in [4.78, 5) is 43.2. The van der Waals surface area contributed by atoms with Crippen LogP contribution in [-0.4, -0.2) is 30.2 Å². The van der Waals surface area contributed by atoms with Gasteiger partial charge in [0.1, 0.15) is 6.29 Å². The average molecular weight is 272 g/mol. The SMILES string of the molecule is CC(=O)OC(CCC=CC=O)(OC(C)=O)OC(C)=O. The van der Waals surface area contributed by atoms with Gasteiger partial charge in [-0.05, 0) is 12.5 Å². The van der Waals surface area contributed by atoms with E-state index in [1.165, 1.54) is 12.2 Å². The molecular weight excluding hydrogens is 256 g/mol. The lowest BCUT2D eigenvalue weighted by atomic mass is 10.2. The topological polar surface area (TPSA) is 96.0 Å². The van der Waals surface area contributed by atoms with E-state index in [0.717, 1.165) is 20.8 Å². The molecular formula is C12H16O7. The summed E-state index contributed by atoms with van der Waals surface area (Å²) in [7, 11) is 0. The zero-order valence-electron chi connectivity index (χ0n) is 11.0. The Morgan fingerprint density at radius 3 is 1.68 bits per heavy atom. The van der Waals surface area contributed by atoms with Gasteiger partial charge in [-0.1, -0.05) is 6.08 Å². The highest BCUT2D eigenvalue weighted by Gasteiger charge is 2.40. The molecule has 0 aromatic heterocycles. The third-order valence-corrected chi connectivity index (χ3v) is 1.73. The van der Waals surface area contributed by atoms with Crippen LogP contribution in [0.15, 0.2) is 12.2 Å². The lowest BCUT2D eigenvalue weighted by Crippen LogP contribution is -2.43. The highest BCUT2D eigenvalue weighted by molar-refractivity contribution is 5.70. The molecule has 0 aromatic rings. The minimum atomic E-state index is -2.10. The molecule has 0 aliphatic carbocycles. The molecule has 0 aromatic carbocycles. The number of allylic oxidation sites excluding steroid dienone is 2. The summed E-state index contributed by atoms with van der Waals surface area (Å²) >= 11 is 0. The molecule has 7 nitrogen and oxygen atoms in total. The number of carbonyl (C=O) groups is 4. The van der Waals surface area contributed by atoms with E-state index in [4.69, 9.17) is 14.2 Å². The van der Waals surface area contributed by atoms with Crippen LogP contribution in [0.2, 0.25) is 0 Å². The average Bonchev–Trinajstić information content (AvgIpc) is 2.21. The number of ether oxygens (including phenoxy) is 3. The minimum absolute atomic E-state index is 0.115. The lowest BCUT2D eigenvalue weighted by molar-refractivity contribution is -0.329. The van der Waals surface area contributed by atoms with E-state index in [-0.39, 0.29) is 12.8 Å². The van der Waals surface area contributed by atoms with Gasteiger partial charge in [0.2, 0.25) is 0 Å². The molecule has 0 N–H and O–H groups in total. The standard InChI is InChI=1S/C12H16O7/c1-9(14)17-12(18-10(2)15,19-11(3)16)7-5-4-6-8-13/h4,6,8H,5,7H2,1-3H3. The van der Waals surface area contributed by atoms with Crippen molar-refractivity contribution in [3.05, 3.63) is 12.2 Å². The molecule has 7 heteroatoms. The normalized spacial score (nSPS) is 10.9. The van der Waals surface area contributed by atoms with E-state index in [0.29, 0.717) is 6.29 Å². The van der Waals surface area contributed by atoms with Gasteiger partial charge in [-0.2, -0.15) is 0 Å². The molecule has 0 saturated heterocycles. The zero-order chi connectivity index (χ0) is 14.9. The first-order chi connectivity index (χ1) is 8.81. The molecule has 0 bridgehead atoms. The van der Waals surface area contributed by atoms with Crippen molar-refractivity contribution >= 4 is 24.2 Å². The summed E-state index contributed by atoms with van der Waals surface area (Å²) in [6.07, 6.45) is 3.33. The second-order valence-corrected chi connectivity index (χ2v) is 3.57. The van der Waals surface area contributed by atoms with Gasteiger partial charge in [-0.15, -0.1) is 0 Å². The van der Waals surface area contributed by atoms with Crippen molar-refractivity contribution in [2.24, 2.45) is 0 Å². The fourth-order valence-electron chi connectivity index (χ4n) is 1.28. The van der Waals surface area contributed by atoms with E-state index in [1.54, 1.807) is 0 Å². The fraction of sp³-hybridized carbons (Fsp3) is 0.500. The first-order valence-electron chi connectivity index (χ1n) is 5.50. The summed E-state index contributed by atoms with van der Waals surface area (Å²) in [6, 6.07) is 0. The largest absolute Gasteiger partial charge is 0.423 e. The first-order valence-corrected chi connectivity index (χ1v) is 5.50. The summed E-state index contributed by atoms with van der Waals surface area (Å²) in [5.41, 5.74) is 0. The zero-order valence-corrected chi connectivity index (χ0v) is 11.0. The maximum Gasteiger partial charge on any atom is 0.423 e. The summed E-state index contributed by atoms with van der Waals surface area (Å²) in [5.74, 6) is -4.43. The van der Waals surface area contributed by atoms with E-state index in [1.807, 2.05) is 0 Å². The number of esters is 3.